The van der Waals surface area contributed by atoms with Crippen molar-refractivity contribution in [3.05, 3.63) is 108 Å². The topological polar surface area (TPSA) is 40.5 Å². The monoisotopic (exact) mass is 318 g/mol. The second-order valence-corrected chi connectivity index (χ2v) is 6.32. The first kappa shape index (κ1) is 16.4. The largest absolute Gasteiger partial charge is 0.365 e. The minimum Gasteiger partial charge on any atom is -0.365 e. The predicted octanol–water partition coefficient (Wildman–Crippen LogP) is 3.92. The number of benzene rings is 3. The smallest absolute Gasteiger partial charge is 0.173 e. The van der Waals surface area contributed by atoms with Crippen LogP contribution >= 0.6 is 0 Å². The molecule has 0 bridgehead atoms. The molecule has 0 atom stereocenters. The molecule has 0 aliphatic heterocycles. The van der Waals surface area contributed by atoms with Gasteiger partial charge in [-0.2, -0.15) is 0 Å². The summed E-state index contributed by atoms with van der Waals surface area (Å²) < 4.78 is 0. The third-order valence-corrected chi connectivity index (χ3v) is 4.65. The van der Waals surface area contributed by atoms with Crippen LogP contribution < -0.4 is 0 Å². The molecule has 0 fully saturated rings. The quantitative estimate of drug-likeness (QED) is 0.700. The number of hydrogen-bond acceptors (Lipinski definition) is 2. The van der Waals surface area contributed by atoms with E-state index in [0.29, 0.717) is 6.42 Å². The van der Waals surface area contributed by atoms with Gasteiger partial charge in [0, 0.05) is 0 Å². The van der Waals surface area contributed by atoms with Crippen molar-refractivity contribution >= 4 is 0 Å². The molecular weight excluding hydrogens is 296 g/mol. The Morgan fingerprint density at radius 3 is 1.38 bits per heavy atom. The van der Waals surface area contributed by atoms with Crippen LogP contribution in [0.3, 0.4) is 0 Å². The van der Waals surface area contributed by atoms with E-state index in [1.54, 1.807) is 0 Å². The molecule has 0 saturated heterocycles. The Bertz CT molecular complexity index is 720. The summed E-state index contributed by atoms with van der Waals surface area (Å²) >= 11 is 0. The summed E-state index contributed by atoms with van der Waals surface area (Å²) in [6.45, 7) is 1.47. The van der Waals surface area contributed by atoms with E-state index in [9.17, 15) is 10.2 Å². The lowest BCUT2D eigenvalue weighted by atomic mass is 9.65. The number of hydrogen-bond donors (Lipinski definition) is 2. The summed E-state index contributed by atoms with van der Waals surface area (Å²) in [4.78, 5) is 0. The molecule has 0 aromatic heterocycles. The van der Waals surface area contributed by atoms with Crippen LogP contribution in [0.5, 0.6) is 0 Å². The molecule has 24 heavy (non-hydrogen) atoms. The van der Waals surface area contributed by atoms with E-state index in [1.165, 1.54) is 6.92 Å². The van der Waals surface area contributed by atoms with Gasteiger partial charge in [0.25, 0.3) is 0 Å². The maximum atomic E-state index is 10.9. The Morgan fingerprint density at radius 2 is 1.00 bits per heavy atom. The molecule has 2 heteroatoms. The Kier molecular flexibility index (Phi) is 4.52. The summed E-state index contributed by atoms with van der Waals surface area (Å²) in [5.41, 5.74) is 1.86. The molecule has 0 unspecified atom stereocenters. The van der Waals surface area contributed by atoms with Gasteiger partial charge in [0.15, 0.2) is 5.79 Å². The zero-order chi connectivity index (χ0) is 17.0. The van der Waals surface area contributed by atoms with E-state index in [0.717, 1.165) is 16.7 Å². The molecule has 0 saturated carbocycles. The van der Waals surface area contributed by atoms with Crippen LogP contribution in [0.25, 0.3) is 0 Å². The van der Waals surface area contributed by atoms with Gasteiger partial charge in [-0.05, 0) is 30.0 Å². The van der Waals surface area contributed by atoms with Gasteiger partial charge in [-0.1, -0.05) is 91.0 Å². The third-order valence-electron chi connectivity index (χ3n) is 4.65. The van der Waals surface area contributed by atoms with Gasteiger partial charge in [-0.15, -0.1) is 0 Å². The first-order valence-electron chi connectivity index (χ1n) is 8.14. The van der Waals surface area contributed by atoms with E-state index >= 15 is 0 Å². The molecular formula is C22H22O2. The molecule has 0 aliphatic carbocycles. The van der Waals surface area contributed by atoms with E-state index in [4.69, 9.17) is 0 Å². The second-order valence-electron chi connectivity index (χ2n) is 6.32. The molecule has 0 heterocycles. The summed E-state index contributed by atoms with van der Waals surface area (Å²) in [7, 11) is 0. The lowest BCUT2D eigenvalue weighted by Crippen LogP contribution is -2.52. The van der Waals surface area contributed by atoms with Crippen molar-refractivity contribution in [2.75, 3.05) is 0 Å². The van der Waals surface area contributed by atoms with Crippen LogP contribution in [0.4, 0.5) is 0 Å². The van der Waals surface area contributed by atoms with Crippen molar-refractivity contribution in [1.82, 2.24) is 0 Å². The highest BCUT2D eigenvalue weighted by molar-refractivity contribution is 5.44. The lowest BCUT2D eigenvalue weighted by Gasteiger charge is -2.43. The molecule has 0 spiro atoms. The van der Waals surface area contributed by atoms with Gasteiger partial charge in [-0.3, -0.25) is 0 Å². The maximum Gasteiger partial charge on any atom is 0.173 e. The van der Waals surface area contributed by atoms with Crippen molar-refractivity contribution in [1.29, 1.82) is 0 Å². The van der Waals surface area contributed by atoms with Gasteiger partial charge >= 0.3 is 0 Å². The molecule has 3 aromatic rings. The number of aliphatic hydroxyl groups is 2. The molecule has 2 N–H and O–H groups in total. The standard InChI is InChI=1S/C22H22O2/c1-21(23,24)22(19-13-7-3-8-14-19,20-15-9-4-10-16-20)17-18-11-5-2-6-12-18/h2-16,23-24H,17H2,1H3. The van der Waals surface area contributed by atoms with Crippen LogP contribution in [0.1, 0.15) is 23.6 Å². The highest BCUT2D eigenvalue weighted by Crippen LogP contribution is 2.43. The Hall–Kier alpha value is -2.42. The fourth-order valence-electron chi connectivity index (χ4n) is 3.43. The van der Waals surface area contributed by atoms with Gasteiger partial charge < -0.3 is 10.2 Å². The van der Waals surface area contributed by atoms with E-state index in [1.807, 2.05) is 91.0 Å². The maximum absolute atomic E-state index is 10.9. The van der Waals surface area contributed by atoms with E-state index in [2.05, 4.69) is 0 Å². The minimum atomic E-state index is -1.93. The van der Waals surface area contributed by atoms with Crippen molar-refractivity contribution in [3.8, 4) is 0 Å². The van der Waals surface area contributed by atoms with Gasteiger partial charge in [-0.25, -0.2) is 0 Å². The first-order valence-corrected chi connectivity index (χ1v) is 8.14. The SMILES string of the molecule is CC(O)(O)C(Cc1ccccc1)(c1ccccc1)c1ccccc1. The second kappa shape index (κ2) is 6.60. The van der Waals surface area contributed by atoms with Crippen LogP contribution in [0, 0.1) is 0 Å². The highest BCUT2D eigenvalue weighted by Gasteiger charge is 2.48. The fraction of sp³-hybridized carbons (Fsp3) is 0.182. The van der Waals surface area contributed by atoms with Gasteiger partial charge in [0.2, 0.25) is 0 Å². The van der Waals surface area contributed by atoms with E-state index in [-0.39, 0.29) is 0 Å². The Labute approximate surface area is 143 Å². The Morgan fingerprint density at radius 1 is 0.625 bits per heavy atom. The third kappa shape index (κ3) is 2.99. The predicted molar refractivity (Wildman–Crippen MR) is 96.7 cm³/mol. The van der Waals surface area contributed by atoms with Crippen LogP contribution in [-0.4, -0.2) is 16.0 Å². The minimum absolute atomic E-state index is 0.491. The molecule has 122 valence electrons. The average Bonchev–Trinajstić information content (AvgIpc) is 2.61. The van der Waals surface area contributed by atoms with Crippen molar-refractivity contribution in [2.24, 2.45) is 0 Å². The summed E-state index contributed by atoms with van der Waals surface area (Å²) in [6.07, 6.45) is 0.491. The van der Waals surface area contributed by atoms with E-state index < -0.39 is 11.2 Å². The zero-order valence-corrected chi connectivity index (χ0v) is 13.8. The van der Waals surface area contributed by atoms with Gasteiger partial charge in [0.05, 0.1) is 5.41 Å². The molecule has 0 radical (unpaired) electrons. The molecule has 2 nitrogen and oxygen atoms in total. The molecule has 0 amide bonds. The first-order chi connectivity index (χ1) is 11.5. The van der Waals surface area contributed by atoms with Crippen LogP contribution in [-0.2, 0) is 11.8 Å². The summed E-state index contributed by atoms with van der Waals surface area (Å²) in [6, 6.07) is 29.4. The number of rotatable bonds is 5. The fourth-order valence-corrected chi connectivity index (χ4v) is 3.43. The highest BCUT2D eigenvalue weighted by atomic mass is 16.5. The van der Waals surface area contributed by atoms with Crippen molar-refractivity contribution in [2.45, 2.75) is 24.5 Å². The molecule has 3 rings (SSSR count). The summed E-state index contributed by atoms with van der Waals surface area (Å²) in [5.74, 6) is -1.93. The molecule has 3 aromatic carbocycles. The van der Waals surface area contributed by atoms with Crippen molar-refractivity contribution < 1.29 is 10.2 Å². The Balaban J connectivity index is 2.25. The van der Waals surface area contributed by atoms with Crippen molar-refractivity contribution in [3.63, 3.8) is 0 Å². The van der Waals surface area contributed by atoms with Crippen LogP contribution in [0.2, 0.25) is 0 Å². The zero-order valence-electron chi connectivity index (χ0n) is 13.8. The summed E-state index contributed by atoms with van der Waals surface area (Å²) in [5, 5.41) is 21.7. The van der Waals surface area contributed by atoms with Gasteiger partial charge in [0.1, 0.15) is 0 Å². The normalized spacial score (nSPS) is 12.1. The van der Waals surface area contributed by atoms with Crippen LogP contribution in [0.15, 0.2) is 91.0 Å². The molecule has 0 aliphatic rings. The lowest BCUT2D eigenvalue weighted by molar-refractivity contribution is -0.188. The average molecular weight is 318 g/mol.